The lowest BCUT2D eigenvalue weighted by molar-refractivity contribution is -0.139. The van der Waals surface area contributed by atoms with Crippen molar-refractivity contribution in [3.63, 3.8) is 0 Å². The number of carbonyl (C=O) groups excluding carboxylic acids is 2. The third-order valence-electron chi connectivity index (χ3n) is 3.61. The molecule has 7 heteroatoms. The quantitative estimate of drug-likeness (QED) is 0.315. The fourth-order valence-corrected chi connectivity index (χ4v) is 2.33. The van der Waals surface area contributed by atoms with Crippen molar-refractivity contribution in [2.45, 2.75) is 26.4 Å². The summed E-state index contributed by atoms with van der Waals surface area (Å²) < 4.78 is 5.74. The Labute approximate surface area is 163 Å². The molecule has 0 radical (unpaired) electrons. The van der Waals surface area contributed by atoms with E-state index in [4.69, 9.17) is 16.3 Å². The zero-order chi connectivity index (χ0) is 19.5. The molecule has 0 unspecified atom stereocenters. The Kier molecular flexibility index (Phi) is 8.32. The highest BCUT2D eigenvalue weighted by Crippen LogP contribution is 2.19. The first kappa shape index (κ1) is 20.5. The van der Waals surface area contributed by atoms with E-state index in [2.05, 4.69) is 15.8 Å². The van der Waals surface area contributed by atoms with E-state index in [9.17, 15) is 9.59 Å². The molecular weight excluding hydrogens is 366 g/mol. The van der Waals surface area contributed by atoms with Crippen molar-refractivity contribution in [3.05, 3.63) is 64.7 Å². The molecule has 0 aliphatic carbocycles. The molecular formula is C20H22ClN3O3. The smallest absolute Gasteiger partial charge is 0.329 e. The number of halogens is 1. The summed E-state index contributed by atoms with van der Waals surface area (Å²) in [5.41, 5.74) is 3.81. The first-order valence-electron chi connectivity index (χ1n) is 8.67. The molecule has 0 atom stereocenters. The van der Waals surface area contributed by atoms with Crippen LogP contribution in [0.25, 0.3) is 0 Å². The van der Waals surface area contributed by atoms with E-state index < -0.39 is 11.8 Å². The molecule has 142 valence electrons. The molecule has 0 bridgehead atoms. The van der Waals surface area contributed by atoms with Crippen LogP contribution in [0.2, 0.25) is 5.02 Å². The number of hydrogen-bond acceptors (Lipinski definition) is 4. The van der Waals surface area contributed by atoms with Crippen LogP contribution >= 0.6 is 11.6 Å². The molecule has 0 spiro atoms. The zero-order valence-corrected chi connectivity index (χ0v) is 15.8. The minimum Gasteiger partial charge on any atom is -0.489 e. The molecule has 0 aliphatic rings. The minimum absolute atomic E-state index is 0.342. The summed E-state index contributed by atoms with van der Waals surface area (Å²) in [5.74, 6) is -0.853. The Balaban J connectivity index is 1.86. The molecule has 0 aromatic heterocycles. The predicted molar refractivity (Wildman–Crippen MR) is 106 cm³/mol. The van der Waals surface area contributed by atoms with Crippen molar-refractivity contribution in [1.82, 2.24) is 10.7 Å². The lowest BCUT2D eigenvalue weighted by atomic mass is 10.2. The Bertz CT molecular complexity index is 809. The molecule has 2 aromatic carbocycles. The highest BCUT2D eigenvalue weighted by atomic mass is 35.5. The summed E-state index contributed by atoms with van der Waals surface area (Å²) in [4.78, 5) is 23.1. The van der Waals surface area contributed by atoms with Crippen LogP contribution in [-0.4, -0.2) is 24.6 Å². The van der Waals surface area contributed by atoms with E-state index in [-0.39, 0.29) is 0 Å². The molecule has 0 aliphatic heterocycles. The molecule has 2 rings (SSSR count). The van der Waals surface area contributed by atoms with Crippen molar-refractivity contribution in [2.24, 2.45) is 5.10 Å². The van der Waals surface area contributed by atoms with Gasteiger partial charge in [-0.2, -0.15) is 5.10 Å². The van der Waals surface area contributed by atoms with Gasteiger partial charge in [0.1, 0.15) is 12.4 Å². The molecule has 0 saturated carbocycles. The van der Waals surface area contributed by atoms with E-state index in [0.717, 1.165) is 24.0 Å². The normalized spacial score (nSPS) is 10.6. The summed E-state index contributed by atoms with van der Waals surface area (Å²) >= 11 is 6.11. The Morgan fingerprint density at radius 1 is 1.15 bits per heavy atom. The molecule has 27 heavy (non-hydrogen) atoms. The second-order valence-electron chi connectivity index (χ2n) is 5.76. The van der Waals surface area contributed by atoms with Gasteiger partial charge in [0.15, 0.2) is 0 Å². The number of amides is 2. The molecule has 0 heterocycles. The molecule has 2 amide bonds. The number of nitrogens with zero attached hydrogens (tertiary/aromatic N) is 1. The molecule has 0 saturated heterocycles. The second kappa shape index (κ2) is 11.0. The third-order valence-corrected chi connectivity index (χ3v) is 3.98. The Morgan fingerprint density at radius 2 is 1.96 bits per heavy atom. The van der Waals surface area contributed by atoms with Gasteiger partial charge in [0.25, 0.3) is 0 Å². The number of nitrogens with one attached hydrogen (secondary N) is 2. The number of carbonyl (C=O) groups is 2. The molecule has 2 N–H and O–H groups in total. The monoisotopic (exact) mass is 387 g/mol. The maximum Gasteiger partial charge on any atom is 0.329 e. The van der Waals surface area contributed by atoms with E-state index in [1.54, 1.807) is 12.1 Å². The Morgan fingerprint density at radius 3 is 2.74 bits per heavy atom. The van der Waals surface area contributed by atoms with Crippen LogP contribution in [0.1, 0.15) is 30.9 Å². The van der Waals surface area contributed by atoms with Crippen LogP contribution in [-0.2, 0) is 16.2 Å². The maximum absolute atomic E-state index is 11.6. The number of unbranched alkanes of at least 4 members (excludes halogenated alkanes) is 1. The van der Waals surface area contributed by atoms with Crippen LogP contribution in [0.15, 0.2) is 53.6 Å². The average molecular weight is 388 g/mol. The van der Waals surface area contributed by atoms with Crippen LogP contribution in [0.5, 0.6) is 5.75 Å². The lowest BCUT2D eigenvalue weighted by Gasteiger charge is -2.08. The second-order valence-corrected chi connectivity index (χ2v) is 6.17. The van der Waals surface area contributed by atoms with Gasteiger partial charge in [-0.3, -0.25) is 9.59 Å². The van der Waals surface area contributed by atoms with Crippen molar-refractivity contribution >= 4 is 29.6 Å². The zero-order valence-electron chi connectivity index (χ0n) is 15.1. The summed E-state index contributed by atoms with van der Waals surface area (Å²) in [6, 6.07) is 14.7. The molecule has 2 aromatic rings. The Hall–Kier alpha value is -2.86. The van der Waals surface area contributed by atoms with Gasteiger partial charge in [0, 0.05) is 17.1 Å². The van der Waals surface area contributed by atoms with Crippen molar-refractivity contribution < 1.29 is 14.3 Å². The van der Waals surface area contributed by atoms with Gasteiger partial charge >= 0.3 is 11.8 Å². The van der Waals surface area contributed by atoms with Crippen LogP contribution in [0.4, 0.5) is 0 Å². The fraction of sp³-hybridized carbons (Fsp3) is 0.250. The number of ether oxygens (including phenoxy) is 1. The summed E-state index contributed by atoms with van der Waals surface area (Å²) in [7, 11) is 0. The number of rotatable bonds is 8. The standard InChI is InChI=1S/C20H22ClN3O3/c1-2-3-11-22-19(25)20(26)24-23-13-15-7-6-9-17(12-15)27-14-16-8-4-5-10-18(16)21/h4-10,12-13H,2-3,11,14H2,1H3,(H,22,25)(H,24,26)/b23-13-. The lowest BCUT2D eigenvalue weighted by Crippen LogP contribution is -2.38. The van der Waals surface area contributed by atoms with Crippen molar-refractivity contribution in [1.29, 1.82) is 0 Å². The predicted octanol–water partition coefficient (Wildman–Crippen LogP) is 3.29. The first-order valence-corrected chi connectivity index (χ1v) is 9.05. The van der Waals surface area contributed by atoms with Crippen LogP contribution in [0, 0.1) is 0 Å². The topological polar surface area (TPSA) is 79.8 Å². The fourth-order valence-electron chi connectivity index (χ4n) is 2.14. The maximum atomic E-state index is 11.6. The van der Waals surface area contributed by atoms with E-state index >= 15 is 0 Å². The SMILES string of the molecule is CCCCNC(=O)C(=O)N/N=C\c1cccc(OCc2ccccc2Cl)c1. The van der Waals surface area contributed by atoms with Gasteiger partial charge in [-0.1, -0.05) is 55.3 Å². The first-order chi connectivity index (χ1) is 13.1. The number of hydrogen-bond donors (Lipinski definition) is 2. The highest BCUT2D eigenvalue weighted by Gasteiger charge is 2.10. The van der Waals surface area contributed by atoms with Crippen molar-refractivity contribution in [2.75, 3.05) is 6.54 Å². The summed E-state index contributed by atoms with van der Waals surface area (Å²) in [6.07, 6.45) is 3.21. The third kappa shape index (κ3) is 7.11. The van der Waals surface area contributed by atoms with Gasteiger partial charge in [-0.05, 0) is 30.2 Å². The minimum atomic E-state index is -0.798. The van der Waals surface area contributed by atoms with E-state index in [0.29, 0.717) is 23.9 Å². The number of benzene rings is 2. The van der Waals surface area contributed by atoms with E-state index in [1.165, 1.54) is 6.21 Å². The van der Waals surface area contributed by atoms with Gasteiger partial charge in [-0.25, -0.2) is 5.43 Å². The molecule has 0 fully saturated rings. The van der Waals surface area contributed by atoms with E-state index in [1.807, 2.05) is 43.3 Å². The number of hydrazone groups is 1. The summed E-state index contributed by atoms with van der Waals surface area (Å²) in [6.45, 7) is 2.81. The van der Waals surface area contributed by atoms with Gasteiger partial charge in [0.2, 0.25) is 0 Å². The van der Waals surface area contributed by atoms with Gasteiger partial charge in [0.05, 0.1) is 6.21 Å². The van der Waals surface area contributed by atoms with Crippen LogP contribution in [0.3, 0.4) is 0 Å². The van der Waals surface area contributed by atoms with Gasteiger partial charge < -0.3 is 10.1 Å². The summed E-state index contributed by atoms with van der Waals surface area (Å²) in [5, 5.41) is 6.97. The van der Waals surface area contributed by atoms with Crippen LogP contribution < -0.4 is 15.5 Å². The average Bonchev–Trinajstić information content (AvgIpc) is 2.67. The largest absolute Gasteiger partial charge is 0.489 e. The molecule has 6 nitrogen and oxygen atoms in total. The van der Waals surface area contributed by atoms with Crippen molar-refractivity contribution in [3.8, 4) is 5.75 Å². The van der Waals surface area contributed by atoms with Gasteiger partial charge in [-0.15, -0.1) is 0 Å². The highest BCUT2D eigenvalue weighted by molar-refractivity contribution is 6.35.